The summed E-state index contributed by atoms with van der Waals surface area (Å²) in [6.45, 7) is 1.76. The number of hydrogen-bond donors (Lipinski definition) is 1. The fraction of sp³-hybridized carbons (Fsp3) is 0.500. The average molecular weight is 235 g/mol. The summed E-state index contributed by atoms with van der Waals surface area (Å²) in [4.78, 5) is 10.7. The van der Waals surface area contributed by atoms with Crippen LogP contribution in [0.2, 0.25) is 0 Å². The SMILES string of the molecule is CSc1nnc(S[C@@H](C)C(N)=O)s1. The van der Waals surface area contributed by atoms with Crippen molar-refractivity contribution in [1.82, 2.24) is 10.2 Å². The Morgan fingerprint density at radius 3 is 2.62 bits per heavy atom. The third-order valence-electron chi connectivity index (χ3n) is 1.24. The number of carbonyl (C=O) groups excluding carboxylic acids is 1. The molecule has 0 radical (unpaired) electrons. The van der Waals surface area contributed by atoms with Crippen LogP contribution in [0.4, 0.5) is 0 Å². The van der Waals surface area contributed by atoms with Gasteiger partial charge in [-0.15, -0.1) is 10.2 Å². The van der Waals surface area contributed by atoms with Crippen molar-refractivity contribution in [3.63, 3.8) is 0 Å². The molecule has 1 aromatic rings. The molecule has 0 aliphatic heterocycles. The molecular weight excluding hydrogens is 226 g/mol. The second kappa shape index (κ2) is 4.83. The van der Waals surface area contributed by atoms with Crippen molar-refractivity contribution < 1.29 is 4.79 Å². The molecule has 2 N–H and O–H groups in total. The number of thioether (sulfide) groups is 2. The molecule has 1 rings (SSSR count). The van der Waals surface area contributed by atoms with E-state index < -0.39 is 0 Å². The Kier molecular flexibility index (Phi) is 4.01. The van der Waals surface area contributed by atoms with Gasteiger partial charge in [0, 0.05) is 0 Å². The second-order valence-electron chi connectivity index (χ2n) is 2.20. The van der Waals surface area contributed by atoms with Crippen LogP contribution in [-0.4, -0.2) is 27.6 Å². The Morgan fingerprint density at radius 2 is 2.15 bits per heavy atom. The van der Waals surface area contributed by atoms with Gasteiger partial charge in [-0.25, -0.2) is 0 Å². The van der Waals surface area contributed by atoms with Gasteiger partial charge in [-0.3, -0.25) is 4.79 Å². The molecule has 0 bridgehead atoms. The molecule has 13 heavy (non-hydrogen) atoms. The van der Waals surface area contributed by atoms with E-state index in [4.69, 9.17) is 5.73 Å². The van der Waals surface area contributed by atoms with Gasteiger partial charge in [0.1, 0.15) is 0 Å². The molecule has 1 aromatic heterocycles. The Balaban J connectivity index is 2.58. The lowest BCUT2D eigenvalue weighted by atomic mass is 10.5. The zero-order valence-corrected chi connectivity index (χ0v) is 9.63. The molecule has 0 aliphatic carbocycles. The molecular formula is C6H9N3OS3. The van der Waals surface area contributed by atoms with Gasteiger partial charge in [0.2, 0.25) is 5.91 Å². The fourth-order valence-electron chi connectivity index (χ4n) is 0.537. The van der Waals surface area contributed by atoms with Crippen LogP contribution in [-0.2, 0) is 4.79 Å². The highest BCUT2D eigenvalue weighted by Gasteiger charge is 2.13. The lowest BCUT2D eigenvalue weighted by Gasteiger charge is -2.01. The third kappa shape index (κ3) is 3.17. The molecule has 0 fully saturated rings. The first-order chi connectivity index (χ1) is 6.13. The van der Waals surface area contributed by atoms with Crippen LogP contribution in [0.25, 0.3) is 0 Å². The molecule has 4 nitrogen and oxygen atoms in total. The highest BCUT2D eigenvalue weighted by Crippen LogP contribution is 2.29. The molecule has 1 atom stereocenters. The third-order valence-corrected chi connectivity index (χ3v) is 4.34. The van der Waals surface area contributed by atoms with Crippen LogP contribution in [0, 0.1) is 0 Å². The minimum absolute atomic E-state index is 0.248. The maximum Gasteiger partial charge on any atom is 0.230 e. The number of rotatable bonds is 4. The topological polar surface area (TPSA) is 68.9 Å². The predicted octanol–water partition coefficient (Wildman–Crippen LogP) is 1.23. The number of aromatic nitrogens is 2. The smallest absolute Gasteiger partial charge is 0.230 e. The lowest BCUT2D eigenvalue weighted by molar-refractivity contribution is -0.117. The van der Waals surface area contributed by atoms with Crippen LogP contribution in [0.1, 0.15) is 6.92 Å². The van der Waals surface area contributed by atoms with Crippen LogP contribution < -0.4 is 5.73 Å². The van der Waals surface area contributed by atoms with Gasteiger partial charge in [0.25, 0.3) is 0 Å². The largest absolute Gasteiger partial charge is 0.369 e. The van der Waals surface area contributed by atoms with E-state index in [2.05, 4.69) is 10.2 Å². The number of amides is 1. The van der Waals surface area contributed by atoms with Crippen LogP contribution in [0.3, 0.4) is 0 Å². The molecule has 0 aromatic carbocycles. The van der Waals surface area contributed by atoms with Crippen molar-refractivity contribution in [2.24, 2.45) is 5.73 Å². The Hall–Kier alpha value is -0.270. The summed E-state index contributed by atoms with van der Waals surface area (Å²) in [6, 6.07) is 0. The summed E-state index contributed by atoms with van der Waals surface area (Å²) in [6.07, 6.45) is 1.94. The maximum atomic E-state index is 10.7. The van der Waals surface area contributed by atoms with E-state index in [9.17, 15) is 4.79 Å². The molecule has 0 spiro atoms. The molecule has 0 aliphatic rings. The first-order valence-electron chi connectivity index (χ1n) is 3.47. The number of nitrogens with two attached hydrogens (primary N) is 1. The van der Waals surface area contributed by atoms with E-state index in [1.807, 2.05) is 6.26 Å². The first kappa shape index (κ1) is 10.8. The summed E-state index contributed by atoms with van der Waals surface area (Å²) in [5, 5.41) is 7.57. The summed E-state index contributed by atoms with van der Waals surface area (Å²) < 4.78 is 1.69. The van der Waals surface area contributed by atoms with E-state index in [1.54, 1.807) is 18.7 Å². The van der Waals surface area contributed by atoms with E-state index in [0.29, 0.717) is 0 Å². The van der Waals surface area contributed by atoms with E-state index >= 15 is 0 Å². The van der Waals surface area contributed by atoms with Crippen molar-refractivity contribution in [2.75, 3.05) is 6.26 Å². The number of primary amides is 1. The maximum absolute atomic E-state index is 10.7. The predicted molar refractivity (Wildman–Crippen MR) is 56.2 cm³/mol. The molecule has 0 unspecified atom stereocenters. The Bertz CT molecular complexity index is 301. The average Bonchev–Trinajstić information content (AvgIpc) is 2.52. The zero-order chi connectivity index (χ0) is 9.84. The Morgan fingerprint density at radius 1 is 1.54 bits per heavy atom. The van der Waals surface area contributed by atoms with Gasteiger partial charge in [0.05, 0.1) is 5.25 Å². The monoisotopic (exact) mass is 235 g/mol. The molecule has 0 saturated carbocycles. The lowest BCUT2D eigenvalue weighted by Crippen LogP contribution is -2.22. The van der Waals surface area contributed by atoms with Gasteiger partial charge in [0.15, 0.2) is 8.68 Å². The molecule has 1 amide bonds. The fourth-order valence-corrected chi connectivity index (χ4v) is 3.07. The molecule has 0 saturated heterocycles. The minimum Gasteiger partial charge on any atom is -0.369 e. The summed E-state index contributed by atoms with van der Waals surface area (Å²) in [5.74, 6) is -0.328. The minimum atomic E-state index is -0.328. The molecule has 7 heteroatoms. The summed E-state index contributed by atoms with van der Waals surface area (Å²) in [7, 11) is 0. The highest BCUT2D eigenvalue weighted by molar-refractivity contribution is 8.03. The summed E-state index contributed by atoms with van der Waals surface area (Å²) >= 11 is 4.36. The highest BCUT2D eigenvalue weighted by atomic mass is 32.2. The standard InChI is InChI=1S/C6H9N3OS3/c1-3(4(7)10)12-6-9-8-5(11-2)13-6/h3H,1-2H3,(H2,7,10)/t3-/m0/s1. The van der Waals surface area contributed by atoms with Gasteiger partial charge < -0.3 is 5.73 Å². The van der Waals surface area contributed by atoms with Crippen molar-refractivity contribution in [2.45, 2.75) is 20.9 Å². The van der Waals surface area contributed by atoms with Gasteiger partial charge in [-0.2, -0.15) is 0 Å². The number of hydrogen-bond acceptors (Lipinski definition) is 6. The normalized spacial score (nSPS) is 12.8. The number of carbonyl (C=O) groups is 1. The Labute approximate surface area is 88.7 Å². The van der Waals surface area contributed by atoms with E-state index in [0.717, 1.165) is 8.68 Å². The van der Waals surface area contributed by atoms with Crippen LogP contribution in [0.15, 0.2) is 8.68 Å². The molecule has 1 heterocycles. The van der Waals surface area contributed by atoms with E-state index in [1.165, 1.54) is 23.1 Å². The van der Waals surface area contributed by atoms with Crippen molar-refractivity contribution >= 4 is 40.8 Å². The van der Waals surface area contributed by atoms with Crippen molar-refractivity contribution in [3.8, 4) is 0 Å². The van der Waals surface area contributed by atoms with Crippen LogP contribution >= 0.6 is 34.9 Å². The molecule has 72 valence electrons. The van der Waals surface area contributed by atoms with Crippen molar-refractivity contribution in [3.05, 3.63) is 0 Å². The zero-order valence-electron chi connectivity index (χ0n) is 7.18. The summed E-state index contributed by atoms with van der Waals surface area (Å²) in [5.41, 5.74) is 5.11. The first-order valence-corrected chi connectivity index (χ1v) is 6.39. The van der Waals surface area contributed by atoms with Gasteiger partial charge >= 0.3 is 0 Å². The van der Waals surface area contributed by atoms with Crippen molar-refractivity contribution in [1.29, 1.82) is 0 Å². The second-order valence-corrected chi connectivity index (χ2v) is 5.82. The van der Waals surface area contributed by atoms with Crippen LogP contribution in [0.5, 0.6) is 0 Å². The van der Waals surface area contributed by atoms with E-state index in [-0.39, 0.29) is 11.2 Å². The quantitative estimate of drug-likeness (QED) is 0.795. The van der Waals surface area contributed by atoms with Gasteiger partial charge in [-0.05, 0) is 13.2 Å². The van der Waals surface area contributed by atoms with Gasteiger partial charge in [-0.1, -0.05) is 34.9 Å². The number of nitrogens with zero attached hydrogens (tertiary/aromatic N) is 2.